The van der Waals surface area contributed by atoms with Crippen LogP contribution in [0.15, 0.2) is 91.0 Å². The molecule has 0 saturated carbocycles. The van der Waals surface area contributed by atoms with E-state index in [-0.39, 0.29) is 0 Å². The smallest absolute Gasteiger partial charge is 0.208 e. The van der Waals surface area contributed by atoms with Gasteiger partial charge in [-0.3, -0.25) is 0 Å². The lowest BCUT2D eigenvalue weighted by Crippen LogP contribution is -2.30. The topological polar surface area (TPSA) is 55.0 Å². The molecule has 0 bridgehead atoms. The van der Waals surface area contributed by atoms with E-state index in [1.165, 1.54) is 45.8 Å². The minimum atomic E-state index is 0.770. The first-order chi connectivity index (χ1) is 16.6. The van der Waals surface area contributed by atoms with E-state index in [0.717, 1.165) is 41.9 Å². The van der Waals surface area contributed by atoms with Gasteiger partial charge in [0, 0.05) is 41.1 Å². The molecule has 0 spiro atoms. The van der Waals surface area contributed by atoms with Crippen LogP contribution in [0.1, 0.15) is 42.0 Å². The second kappa shape index (κ2) is 9.56. The van der Waals surface area contributed by atoms with E-state index in [4.69, 9.17) is 11.5 Å². The number of hydrogen-bond acceptors (Lipinski definition) is 2. The number of para-hydroxylation sites is 1. The number of hydrogen-bond donors (Lipinski definition) is 2. The number of anilines is 2. The second-order valence-corrected chi connectivity index (χ2v) is 9.10. The summed E-state index contributed by atoms with van der Waals surface area (Å²) in [4.78, 5) is 0. The van der Waals surface area contributed by atoms with Crippen molar-refractivity contribution in [1.29, 1.82) is 0 Å². The van der Waals surface area contributed by atoms with Crippen LogP contribution >= 0.6 is 0 Å². The summed E-state index contributed by atoms with van der Waals surface area (Å²) in [5.74, 6) is 0. The van der Waals surface area contributed by atoms with Gasteiger partial charge >= 0.3 is 0 Å². The van der Waals surface area contributed by atoms with Gasteiger partial charge in [-0.05, 0) is 71.2 Å². The van der Waals surface area contributed by atoms with Gasteiger partial charge in [0.15, 0.2) is 0 Å². The predicted octanol–water partition coefficient (Wildman–Crippen LogP) is 4.82. The molecule has 0 aromatic heterocycles. The maximum Gasteiger partial charge on any atom is 0.208 e. The molecule has 4 N–H and O–H groups in total. The van der Waals surface area contributed by atoms with Crippen LogP contribution in [0.4, 0.5) is 17.1 Å². The van der Waals surface area contributed by atoms with Gasteiger partial charge in [0.05, 0.1) is 0 Å². The Morgan fingerprint density at radius 3 is 2.00 bits per heavy atom. The monoisotopic (exact) mass is 446 g/mol. The number of rotatable bonds is 5. The zero-order chi connectivity index (χ0) is 23.5. The van der Waals surface area contributed by atoms with Crippen LogP contribution in [-0.2, 0) is 12.8 Å². The molecule has 34 heavy (non-hydrogen) atoms. The molecule has 0 radical (unpaired) electrons. The van der Waals surface area contributed by atoms with E-state index >= 15 is 0 Å². The summed E-state index contributed by atoms with van der Waals surface area (Å²) in [6, 6.07) is 32.2. The van der Waals surface area contributed by atoms with Crippen molar-refractivity contribution < 1.29 is 0 Å². The number of benzene rings is 4. The van der Waals surface area contributed by atoms with Gasteiger partial charge in [-0.1, -0.05) is 55.8 Å². The molecule has 4 aromatic carbocycles. The van der Waals surface area contributed by atoms with Gasteiger partial charge < -0.3 is 11.5 Å². The van der Waals surface area contributed by atoms with E-state index in [9.17, 15) is 0 Å². The maximum atomic E-state index is 6.00. The number of nitrogen functional groups attached to an aromatic ring is 2. The minimum Gasteiger partial charge on any atom is -0.399 e. The van der Waals surface area contributed by atoms with Crippen LogP contribution in [0.2, 0.25) is 0 Å². The van der Waals surface area contributed by atoms with Crippen molar-refractivity contribution in [3.63, 3.8) is 0 Å². The molecule has 1 aliphatic rings. The Hall–Kier alpha value is -3.85. The molecule has 0 saturated heterocycles. The Balaban J connectivity index is 1.78. The zero-order valence-corrected chi connectivity index (χ0v) is 19.8. The Morgan fingerprint density at radius 2 is 1.35 bits per heavy atom. The third-order valence-electron chi connectivity index (χ3n) is 6.74. The van der Waals surface area contributed by atoms with E-state index in [1.54, 1.807) is 0 Å². The predicted molar refractivity (Wildman–Crippen MR) is 144 cm³/mol. The minimum absolute atomic E-state index is 0.770. The molecule has 1 heterocycles. The van der Waals surface area contributed by atoms with Crippen LogP contribution in [0.5, 0.6) is 0 Å². The van der Waals surface area contributed by atoms with Gasteiger partial charge in [0.2, 0.25) is 11.0 Å². The molecule has 0 fully saturated rings. The lowest BCUT2D eigenvalue weighted by atomic mass is 9.94. The standard InChI is InChI=1S/C31H31N3/c1-2-3-20-34-29-7-5-4-6-22(29)8-9-25-21-26(14-19-30(25)34)31(23-10-15-27(32)16-11-23)24-12-17-28(33)18-13-24/h4-7,10-19,21H,2-3,8-9,20H2,1H3,(H3,32,33)/p+1. The van der Waals surface area contributed by atoms with Crippen LogP contribution < -0.4 is 26.6 Å². The maximum absolute atomic E-state index is 6.00. The van der Waals surface area contributed by atoms with Crippen LogP contribution in [0, 0.1) is 0 Å². The van der Waals surface area contributed by atoms with Crippen LogP contribution in [0.25, 0.3) is 5.57 Å². The van der Waals surface area contributed by atoms with Gasteiger partial charge in [-0.15, -0.1) is 0 Å². The molecule has 5 rings (SSSR count). The summed E-state index contributed by atoms with van der Waals surface area (Å²) in [6.45, 7) is 3.29. The molecule has 0 amide bonds. The van der Waals surface area contributed by atoms with Crippen molar-refractivity contribution >= 4 is 22.6 Å². The van der Waals surface area contributed by atoms with Crippen molar-refractivity contribution in [2.75, 3.05) is 18.0 Å². The van der Waals surface area contributed by atoms with E-state index in [2.05, 4.69) is 78.2 Å². The highest BCUT2D eigenvalue weighted by Gasteiger charge is 2.21. The Bertz CT molecular complexity index is 1380. The summed E-state index contributed by atoms with van der Waals surface area (Å²) >= 11 is 0. The van der Waals surface area contributed by atoms with Gasteiger partial charge in [0.1, 0.15) is 6.54 Å². The fourth-order valence-electron chi connectivity index (χ4n) is 4.95. The summed E-state index contributed by atoms with van der Waals surface area (Å²) in [7, 11) is 0. The SMILES string of the molecule is CCCC[N+]1=c2ccc(=C(c3ccc(N)cc3)c3ccc(N)cc3)cc2CCc2ccccc21. The Morgan fingerprint density at radius 1 is 0.735 bits per heavy atom. The van der Waals surface area contributed by atoms with Gasteiger partial charge in [-0.25, -0.2) is 0 Å². The van der Waals surface area contributed by atoms with Crippen molar-refractivity contribution in [2.24, 2.45) is 0 Å². The molecule has 1 aliphatic heterocycles. The molecular weight excluding hydrogens is 414 g/mol. The first-order valence-corrected chi connectivity index (χ1v) is 12.2. The Labute approximate surface area is 201 Å². The van der Waals surface area contributed by atoms with Crippen LogP contribution in [0.3, 0.4) is 0 Å². The largest absolute Gasteiger partial charge is 0.399 e. The van der Waals surface area contributed by atoms with E-state index in [0.29, 0.717) is 0 Å². The molecule has 170 valence electrons. The highest BCUT2D eigenvalue weighted by Crippen LogP contribution is 2.24. The van der Waals surface area contributed by atoms with Gasteiger partial charge in [0.25, 0.3) is 0 Å². The number of aryl methyl sites for hydroxylation is 2. The second-order valence-electron chi connectivity index (χ2n) is 9.10. The summed E-state index contributed by atoms with van der Waals surface area (Å²) in [5, 5.41) is 2.55. The highest BCUT2D eigenvalue weighted by molar-refractivity contribution is 5.80. The average molecular weight is 447 g/mol. The van der Waals surface area contributed by atoms with Crippen molar-refractivity contribution in [3.05, 3.63) is 124 Å². The molecular formula is C31H32N3+. The molecule has 3 heteroatoms. The average Bonchev–Trinajstić information content (AvgIpc) is 3.02. The molecule has 4 aromatic rings. The molecule has 3 nitrogen and oxygen atoms in total. The highest BCUT2D eigenvalue weighted by atomic mass is 15.0. The lowest BCUT2D eigenvalue weighted by molar-refractivity contribution is 0.659. The van der Waals surface area contributed by atoms with E-state index < -0.39 is 0 Å². The van der Waals surface area contributed by atoms with Crippen molar-refractivity contribution in [1.82, 2.24) is 4.58 Å². The van der Waals surface area contributed by atoms with E-state index in [1.807, 2.05) is 24.3 Å². The first-order valence-electron chi connectivity index (χ1n) is 12.2. The summed E-state index contributed by atoms with van der Waals surface area (Å²) < 4.78 is 2.52. The molecule has 0 atom stereocenters. The van der Waals surface area contributed by atoms with Gasteiger partial charge in [-0.2, -0.15) is 4.58 Å². The third-order valence-corrected chi connectivity index (χ3v) is 6.74. The molecule has 0 unspecified atom stereocenters. The summed E-state index contributed by atoms with van der Waals surface area (Å²) in [5.41, 5.74) is 21.2. The van der Waals surface area contributed by atoms with Crippen LogP contribution in [-0.4, -0.2) is 6.54 Å². The fourth-order valence-corrected chi connectivity index (χ4v) is 4.95. The number of unbranched alkanes of at least 4 members (excludes halogenated alkanes) is 1. The third kappa shape index (κ3) is 4.34. The first kappa shape index (κ1) is 22.0. The normalized spacial score (nSPS) is 12.6. The zero-order valence-electron chi connectivity index (χ0n) is 19.8. The summed E-state index contributed by atoms with van der Waals surface area (Å²) in [6.07, 6.45) is 4.43. The Kier molecular flexibility index (Phi) is 6.18. The molecule has 0 aliphatic carbocycles. The number of nitrogens with zero attached hydrogens (tertiary/aromatic N) is 1. The van der Waals surface area contributed by atoms with Crippen molar-refractivity contribution in [3.8, 4) is 0 Å². The fraction of sp³-hybridized carbons (Fsp3) is 0.194. The van der Waals surface area contributed by atoms with Crippen molar-refractivity contribution in [2.45, 2.75) is 32.6 Å². The number of fused-ring (bicyclic) bond motifs is 2. The number of nitrogens with two attached hydrogens (primary N) is 2. The lowest BCUT2D eigenvalue weighted by Gasteiger charge is -2.11. The quantitative estimate of drug-likeness (QED) is 0.341.